The zero-order valence-corrected chi connectivity index (χ0v) is 9.84. The average Bonchev–Trinajstić information content (AvgIpc) is 3.13. The molecule has 1 heterocycles. The van der Waals surface area contributed by atoms with E-state index in [1.807, 2.05) is 12.3 Å². The Labute approximate surface area is 101 Å². The van der Waals surface area contributed by atoms with Crippen molar-refractivity contribution in [2.45, 2.75) is 31.8 Å². The van der Waals surface area contributed by atoms with Gasteiger partial charge in [-0.2, -0.15) is 5.10 Å². The second kappa shape index (κ2) is 4.34. The van der Waals surface area contributed by atoms with Gasteiger partial charge in [-0.1, -0.05) is 30.3 Å². The SMILES string of the molecule is NCc1cnn(Cc2ccccc2)c1C1CC1. The van der Waals surface area contributed by atoms with E-state index in [1.165, 1.54) is 29.7 Å². The molecule has 0 saturated heterocycles. The summed E-state index contributed by atoms with van der Waals surface area (Å²) in [6.07, 6.45) is 4.50. The van der Waals surface area contributed by atoms with Crippen LogP contribution in [-0.2, 0) is 13.1 Å². The van der Waals surface area contributed by atoms with Crippen LogP contribution in [-0.4, -0.2) is 9.78 Å². The van der Waals surface area contributed by atoms with Gasteiger partial charge in [-0.25, -0.2) is 0 Å². The fourth-order valence-electron chi connectivity index (χ4n) is 2.30. The highest BCUT2D eigenvalue weighted by atomic mass is 15.3. The summed E-state index contributed by atoms with van der Waals surface area (Å²) in [5.74, 6) is 0.694. The van der Waals surface area contributed by atoms with Gasteiger partial charge in [0.15, 0.2) is 0 Å². The predicted octanol–water partition coefficient (Wildman–Crippen LogP) is 2.27. The molecule has 1 saturated carbocycles. The Morgan fingerprint density at radius 2 is 2.00 bits per heavy atom. The van der Waals surface area contributed by atoms with Crippen LogP contribution in [0.25, 0.3) is 0 Å². The summed E-state index contributed by atoms with van der Waals surface area (Å²) in [4.78, 5) is 0. The van der Waals surface area contributed by atoms with Gasteiger partial charge in [0.25, 0.3) is 0 Å². The first-order valence-corrected chi connectivity index (χ1v) is 6.17. The molecule has 1 aliphatic carbocycles. The number of benzene rings is 1. The third kappa shape index (κ3) is 2.11. The van der Waals surface area contributed by atoms with Gasteiger partial charge in [0.2, 0.25) is 0 Å². The lowest BCUT2D eigenvalue weighted by Gasteiger charge is -2.08. The fraction of sp³-hybridized carbons (Fsp3) is 0.357. The molecule has 17 heavy (non-hydrogen) atoms. The Morgan fingerprint density at radius 1 is 1.24 bits per heavy atom. The predicted molar refractivity (Wildman–Crippen MR) is 67.6 cm³/mol. The Balaban J connectivity index is 1.90. The molecule has 0 bridgehead atoms. The molecule has 1 aliphatic rings. The topological polar surface area (TPSA) is 43.8 Å². The Morgan fingerprint density at radius 3 is 2.65 bits per heavy atom. The van der Waals surface area contributed by atoms with Gasteiger partial charge < -0.3 is 5.73 Å². The van der Waals surface area contributed by atoms with Crippen molar-refractivity contribution < 1.29 is 0 Å². The fourth-order valence-corrected chi connectivity index (χ4v) is 2.30. The molecule has 0 radical (unpaired) electrons. The third-order valence-corrected chi connectivity index (χ3v) is 3.32. The minimum atomic E-state index is 0.598. The Kier molecular flexibility index (Phi) is 2.69. The second-order valence-electron chi connectivity index (χ2n) is 4.68. The number of nitrogens with two attached hydrogens (primary N) is 1. The van der Waals surface area contributed by atoms with Crippen LogP contribution < -0.4 is 5.73 Å². The van der Waals surface area contributed by atoms with E-state index in [2.05, 4.69) is 34.0 Å². The maximum Gasteiger partial charge on any atom is 0.0662 e. The number of nitrogens with zero attached hydrogens (tertiary/aromatic N) is 2. The van der Waals surface area contributed by atoms with Crippen molar-refractivity contribution in [2.24, 2.45) is 5.73 Å². The van der Waals surface area contributed by atoms with Gasteiger partial charge in [-0.3, -0.25) is 4.68 Å². The first-order chi connectivity index (χ1) is 8.38. The van der Waals surface area contributed by atoms with E-state index in [1.54, 1.807) is 0 Å². The molecule has 3 rings (SSSR count). The lowest BCUT2D eigenvalue weighted by Crippen LogP contribution is -2.07. The van der Waals surface area contributed by atoms with Gasteiger partial charge in [0, 0.05) is 23.7 Å². The van der Waals surface area contributed by atoms with E-state index in [-0.39, 0.29) is 0 Å². The molecule has 3 heteroatoms. The van der Waals surface area contributed by atoms with E-state index in [0.717, 1.165) is 6.54 Å². The highest BCUT2D eigenvalue weighted by molar-refractivity contribution is 5.27. The van der Waals surface area contributed by atoms with Crippen molar-refractivity contribution in [3.05, 3.63) is 53.3 Å². The van der Waals surface area contributed by atoms with Crippen molar-refractivity contribution >= 4 is 0 Å². The van der Waals surface area contributed by atoms with Crippen LogP contribution in [0.15, 0.2) is 36.5 Å². The zero-order chi connectivity index (χ0) is 11.7. The van der Waals surface area contributed by atoms with Crippen molar-refractivity contribution in [1.29, 1.82) is 0 Å². The maximum absolute atomic E-state index is 5.77. The minimum absolute atomic E-state index is 0.598. The zero-order valence-electron chi connectivity index (χ0n) is 9.84. The van der Waals surface area contributed by atoms with Crippen molar-refractivity contribution in [3.63, 3.8) is 0 Å². The summed E-state index contributed by atoms with van der Waals surface area (Å²) in [5.41, 5.74) is 9.63. The number of hydrogen-bond donors (Lipinski definition) is 1. The molecule has 1 fully saturated rings. The molecule has 1 aromatic carbocycles. The summed E-state index contributed by atoms with van der Waals surface area (Å²) in [5, 5.41) is 4.48. The second-order valence-corrected chi connectivity index (χ2v) is 4.68. The normalized spacial score (nSPS) is 15.1. The monoisotopic (exact) mass is 227 g/mol. The van der Waals surface area contributed by atoms with Crippen LogP contribution in [0, 0.1) is 0 Å². The Bertz CT molecular complexity index is 497. The van der Waals surface area contributed by atoms with Gasteiger partial charge in [-0.15, -0.1) is 0 Å². The average molecular weight is 227 g/mol. The number of aromatic nitrogens is 2. The summed E-state index contributed by atoms with van der Waals surface area (Å²) in [7, 11) is 0. The van der Waals surface area contributed by atoms with E-state index >= 15 is 0 Å². The molecule has 0 unspecified atom stereocenters. The van der Waals surface area contributed by atoms with Crippen molar-refractivity contribution in [3.8, 4) is 0 Å². The standard InChI is InChI=1S/C14H17N3/c15-8-13-9-16-17(14(13)12-6-7-12)10-11-4-2-1-3-5-11/h1-5,9,12H,6-8,10,15H2. The summed E-state index contributed by atoms with van der Waals surface area (Å²) < 4.78 is 2.12. The van der Waals surface area contributed by atoms with E-state index in [0.29, 0.717) is 12.5 Å². The van der Waals surface area contributed by atoms with Crippen LogP contribution in [0.5, 0.6) is 0 Å². The van der Waals surface area contributed by atoms with Gasteiger partial charge in [0.05, 0.1) is 12.7 Å². The van der Waals surface area contributed by atoms with Crippen LogP contribution in [0.4, 0.5) is 0 Å². The third-order valence-electron chi connectivity index (χ3n) is 3.32. The van der Waals surface area contributed by atoms with E-state index in [9.17, 15) is 0 Å². The van der Waals surface area contributed by atoms with Crippen LogP contribution >= 0.6 is 0 Å². The number of hydrogen-bond acceptors (Lipinski definition) is 2. The number of rotatable bonds is 4. The minimum Gasteiger partial charge on any atom is -0.326 e. The molecule has 1 aromatic heterocycles. The van der Waals surface area contributed by atoms with Crippen molar-refractivity contribution in [1.82, 2.24) is 9.78 Å². The molecule has 0 atom stereocenters. The summed E-state index contributed by atoms with van der Waals surface area (Å²) in [6, 6.07) is 10.5. The van der Waals surface area contributed by atoms with E-state index in [4.69, 9.17) is 5.73 Å². The highest BCUT2D eigenvalue weighted by Gasteiger charge is 2.29. The molecular formula is C14H17N3. The molecule has 0 aliphatic heterocycles. The van der Waals surface area contributed by atoms with Crippen LogP contribution in [0.1, 0.15) is 35.6 Å². The molecule has 0 spiro atoms. The largest absolute Gasteiger partial charge is 0.326 e. The summed E-state index contributed by atoms with van der Waals surface area (Å²) in [6.45, 7) is 1.45. The molecule has 3 nitrogen and oxygen atoms in total. The van der Waals surface area contributed by atoms with Crippen LogP contribution in [0.3, 0.4) is 0 Å². The molecular weight excluding hydrogens is 210 g/mol. The molecule has 2 N–H and O–H groups in total. The molecule has 0 amide bonds. The Hall–Kier alpha value is -1.61. The lowest BCUT2D eigenvalue weighted by molar-refractivity contribution is 0.644. The maximum atomic E-state index is 5.77. The first kappa shape index (κ1) is 10.5. The quantitative estimate of drug-likeness (QED) is 0.870. The van der Waals surface area contributed by atoms with Crippen LogP contribution in [0.2, 0.25) is 0 Å². The lowest BCUT2D eigenvalue weighted by atomic mass is 10.1. The first-order valence-electron chi connectivity index (χ1n) is 6.17. The highest BCUT2D eigenvalue weighted by Crippen LogP contribution is 2.41. The van der Waals surface area contributed by atoms with Gasteiger partial charge >= 0.3 is 0 Å². The molecule has 2 aromatic rings. The molecule has 88 valence electrons. The van der Waals surface area contributed by atoms with Gasteiger partial charge in [0.1, 0.15) is 0 Å². The van der Waals surface area contributed by atoms with Gasteiger partial charge in [-0.05, 0) is 18.4 Å². The van der Waals surface area contributed by atoms with Crippen molar-refractivity contribution in [2.75, 3.05) is 0 Å². The van der Waals surface area contributed by atoms with E-state index < -0.39 is 0 Å². The smallest absolute Gasteiger partial charge is 0.0662 e. The summed E-state index contributed by atoms with van der Waals surface area (Å²) >= 11 is 0.